The van der Waals surface area contributed by atoms with Crippen molar-refractivity contribution in [2.45, 2.75) is 0 Å². The number of anilines is 1. The van der Waals surface area contributed by atoms with Crippen LogP contribution in [0.25, 0.3) is 55.5 Å². The van der Waals surface area contributed by atoms with Crippen LogP contribution in [0.3, 0.4) is 0 Å². The van der Waals surface area contributed by atoms with Crippen molar-refractivity contribution in [2.24, 2.45) is 0 Å². The van der Waals surface area contributed by atoms with Crippen molar-refractivity contribution in [1.82, 2.24) is 19.9 Å². The summed E-state index contributed by atoms with van der Waals surface area (Å²) in [4.78, 5) is 17.9. The van der Waals surface area contributed by atoms with Gasteiger partial charge in [-0.15, -0.1) is 0 Å². The number of ether oxygens (including phenoxy) is 1. The molecule has 7 aromatic rings. The third-order valence-electron chi connectivity index (χ3n) is 6.07. The molecule has 198 valence electrons. The van der Waals surface area contributed by atoms with E-state index in [2.05, 4.69) is 19.9 Å². The maximum absolute atomic E-state index is 6.05. The van der Waals surface area contributed by atoms with Gasteiger partial charge in [-0.1, -0.05) is 46.4 Å². The molecule has 0 fully saturated rings. The zero-order valence-electron chi connectivity index (χ0n) is 20.6. The Bertz CT molecular complexity index is 2080. The molecule has 11 heteroatoms. The van der Waals surface area contributed by atoms with Gasteiger partial charge >= 0.3 is 0 Å². The van der Waals surface area contributed by atoms with E-state index < -0.39 is 0 Å². The maximum Gasteiger partial charge on any atom is 0.246 e. The van der Waals surface area contributed by atoms with E-state index >= 15 is 0 Å². The van der Waals surface area contributed by atoms with Gasteiger partial charge in [-0.05, 0) is 72.8 Å². The van der Waals surface area contributed by atoms with E-state index in [1.165, 1.54) is 0 Å². The zero-order chi connectivity index (χ0) is 28.0. The molecular formula is C29H17Cl4N5O2. The van der Waals surface area contributed by atoms with Gasteiger partial charge < -0.3 is 14.9 Å². The van der Waals surface area contributed by atoms with Gasteiger partial charge in [-0.2, -0.15) is 0 Å². The molecule has 0 saturated carbocycles. The Kier molecular flexibility index (Phi) is 6.98. The van der Waals surface area contributed by atoms with Gasteiger partial charge in [0.25, 0.3) is 0 Å². The highest BCUT2D eigenvalue weighted by Gasteiger charge is 2.14. The number of aromatic nitrogens is 4. The number of halogens is 4. The van der Waals surface area contributed by atoms with Crippen LogP contribution in [-0.4, -0.2) is 27.0 Å². The molecule has 0 radical (unpaired) electrons. The largest absolute Gasteiger partial charge is 0.496 e. The Labute approximate surface area is 247 Å². The number of nitrogen functional groups attached to an aromatic ring is 1. The quantitative estimate of drug-likeness (QED) is 0.209. The molecule has 4 aromatic carbocycles. The van der Waals surface area contributed by atoms with Gasteiger partial charge in [-0.25, -0.2) is 19.9 Å². The Morgan fingerprint density at radius 3 is 1.98 bits per heavy atom. The van der Waals surface area contributed by atoms with Gasteiger partial charge in [0.2, 0.25) is 5.71 Å². The summed E-state index contributed by atoms with van der Waals surface area (Å²) in [5.41, 5.74) is 12.0. The molecule has 0 spiro atoms. The van der Waals surface area contributed by atoms with Crippen LogP contribution >= 0.6 is 46.4 Å². The van der Waals surface area contributed by atoms with Crippen LogP contribution in [0.4, 0.5) is 5.82 Å². The molecule has 3 heterocycles. The Balaban J connectivity index is 0.000000145. The number of rotatable bonds is 2. The zero-order valence-corrected chi connectivity index (χ0v) is 23.6. The minimum Gasteiger partial charge on any atom is -0.496 e. The number of nitrogens with zero attached hydrogens (tertiary/aromatic N) is 4. The normalized spacial score (nSPS) is 11.2. The second kappa shape index (κ2) is 10.6. The summed E-state index contributed by atoms with van der Waals surface area (Å²) in [6, 6.07) is 21.4. The molecular weight excluding hydrogens is 592 g/mol. The molecule has 40 heavy (non-hydrogen) atoms. The van der Waals surface area contributed by atoms with E-state index in [-0.39, 0.29) is 0 Å². The molecule has 0 aliphatic heterocycles. The van der Waals surface area contributed by atoms with E-state index in [1.54, 1.807) is 61.7 Å². The van der Waals surface area contributed by atoms with Gasteiger partial charge in [0.05, 0.1) is 34.6 Å². The SMILES string of the molecule is COc1ccc(Cl)cc1-c1nc2ccc(Cl)cc2nc1N.Clc1ccc2nc3c(nc2c1)oc1ccc(Cl)cc13. The summed E-state index contributed by atoms with van der Waals surface area (Å²) in [7, 11) is 1.58. The lowest BCUT2D eigenvalue weighted by molar-refractivity contribution is 0.416. The van der Waals surface area contributed by atoms with Gasteiger partial charge in [-0.3, -0.25) is 0 Å². The van der Waals surface area contributed by atoms with E-state index in [0.29, 0.717) is 70.7 Å². The lowest BCUT2D eigenvalue weighted by Crippen LogP contribution is -2.00. The van der Waals surface area contributed by atoms with Crippen molar-refractivity contribution in [3.8, 4) is 17.0 Å². The highest BCUT2D eigenvalue weighted by atomic mass is 35.5. The van der Waals surface area contributed by atoms with Gasteiger partial charge in [0.15, 0.2) is 5.82 Å². The molecule has 0 unspecified atom stereocenters. The number of fused-ring (bicyclic) bond motifs is 5. The fourth-order valence-corrected chi connectivity index (χ4v) is 4.92. The highest BCUT2D eigenvalue weighted by Crippen LogP contribution is 2.35. The first kappa shape index (κ1) is 26.3. The Morgan fingerprint density at radius 2 is 1.25 bits per heavy atom. The number of methoxy groups -OCH3 is 1. The molecule has 0 aliphatic carbocycles. The van der Waals surface area contributed by atoms with Crippen molar-refractivity contribution in [2.75, 3.05) is 12.8 Å². The molecule has 2 N–H and O–H groups in total. The van der Waals surface area contributed by atoms with Crippen LogP contribution in [0.15, 0.2) is 77.2 Å². The predicted octanol–water partition coefficient (Wildman–Crippen LogP) is 9.03. The third-order valence-corrected chi connectivity index (χ3v) is 7.01. The minimum atomic E-state index is 0.297. The maximum atomic E-state index is 6.05. The monoisotopic (exact) mass is 607 g/mol. The van der Waals surface area contributed by atoms with Crippen molar-refractivity contribution >= 4 is 96.5 Å². The molecule has 7 rings (SSSR count). The van der Waals surface area contributed by atoms with Crippen LogP contribution in [0.1, 0.15) is 0 Å². The summed E-state index contributed by atoms with van der Waals surface area (Å²) in [5, 5.41) is 3.30. The van der Waals surface area contributed by atoms with Crippen molar-refractivity contribution in [3.63, 3.8) is 0 Å². The first-order valence-corrected chi connectivity index (χ1v) is 13.3. The third kappa shape index (κ3) is 5.05. The second-order valence-corrected chi connectivity index (χ2v) is 10.4. The average Bonchev–Trinajstić information content (AvgIpc) is 3.28. The van der Waals surface area contributed by atoms with Crippen molar-refractivity contribution < 1.29 is 9.15 Å². The van der Waals surface area contributed by atoms with E-state index in [4.69, 9.17) is 61.3 Å². The van der Waals surface area contributed by atoms with E-state index in [0.717, 1.165) is 16.5 Å². The fourth-order valence-electron chi connectivity index (χ4n) is 4.24. The average molecular weight is 609 g/mol. The van der Waals surface area contributed by atoms with Crippen LogP contribution < -0.4 is 10.5 Å². The molecule has 0 atom stereocenters. The summed E-state index contributed by atoms with van der Waals surface area (Å²) in [5.74, 6) is 0.930. The number of hydrogen-bond donors (Lipinski definition) is 1. The fraction of sp³-hybridized carbons (Fsp3) is 0.0345. The first-order valence-electron chi connectivity index (χ1n) is 11.8. The van der Waals surface area contributed by atoms with E-state index in [1.807, 2.05) is 18.2 Å². The minimum absolute atomic E-state index is 0.297. The molecule has 0 saturated heterocycles. The van der Waals surface area contributed by atoms with Crippen LogP contribution in [-0.2, 0) is 0 Å². The second-order valence-electron chi connectivity index (χ2n) is 8.69. The Morgan fingerprint density at radius 1 is 0.650 bits per heavy atom. The molecule has 0 aliphatic rings. The number of furan rings is 1. The number of hydrogen-bond acceptors (Lipinski definition) is 7. The summed E-state index contributed by atoms with van der Waals surface area (Å²) < 4.78 is 11.0. The summed E-state index contributed by atoms with van der Waals surface area (Å²) in [6.07, 6.45) is 0. The number of nitrogens with two attached hydrogens (primary N) is 1. The van der Waals surface area contributed by atoms with Gasteiger partial charge in [0, 0.05) is 25.7 Å². The van der Waals surface area contributed by atoms with Crippen LogP contribution in [0.2, 0.25) is 20.1 Å². The molecule has 7 nitrogen and oxygen atoms in total. The molecule has 3 aromatic heterocycles. The van der Waals surface area contributed by atoms with Crippen molar-refractivity contribution in [3.05, 3.63) is 92.9 Å². The topological polar surface area (TPSA) is 100.0 Å². The summed E-state index contributed by atoms with van der Waals surface area (Å²) in [6.45, 7) is 0. The highest BCUT2D eigenvalue weighted by molar-refractivity contribution is 6.32. The van der Waals surface area contributed by atoms with E-state index in [9.17, 15) is 0 Å². The molecule has 0 bridgehead atoms. The standard InChI is InChI=1S/C15H11Cl2N3O.C14H6Cl2N2O/c1-21-13-5-3-8(16)6-10(13)14-15(18)20-12-7-9(17)2-4-11(12)19-14;15-7-2-4-12-9(5-7)13-14(19-12)18-11-6-8(16)1-3-10(11)17-13/h2-7H,1H3,(H2,18,20);1-6H. The first-order chi connectivity index (χ1) is 19.3. The van der Waals surface area contributed by atoms with Crippen LogP contribution in [0, 0.1) is 0 Å². The van der Waals surface area contributed by atoms with Gasteiger partial charge in [0.1, 0.15) is 22.5 Å². The lowest BCUT2D eigenvalue weighted by atomic mass is 10.1. The van der Waals surface area contributed by atoms with Crippen LogP contribution in [0.5, 0.6) is 5.75 Å². The predicted molar refractivity (Wildman–Crippen MR) is 163 cm³/mol. The van der Waals surface area contributed by atoms with Crippen molar-refractivity contribution in [1.29, 1.82) is 0 Å². The molecule has 0 amide bonds. The number of benzene rings is 4. The smallest absolute Gasteiger partial charge is 0.246 e. The Hall–Kier alpha value is -3.88. The summed E-state index contributed by atoms with van der Waals surface area (Å²) >= 11 is 24.0. The lowest BCUT2D eigenvalue weighted by Gasteiger charge is -2.11.